The number of nitrogens with zero attached hydrogens (tertiary/aromatic N) is 2. The van der Waals surface area contributed by atoms with Crippen molar-refractivity contribution >= 4 is 33.6 Å². The quantitative estimate of drug-likeness (QED) is 0.114. The fraction of sp³-hybridized carbons (Fsp3) is 0.545. The van der Waals surface area contributed by atoms with E-state index in [1.54, 1.807) is 27.7 Å². The molecule has 0 saturated carbocycles. The lowest BCUT2D eigenvalue weighted by Gasteiger charge is -2.30. The molecule has 3 atom stereocenters. The Morgan fingerprint density at radius 3 is 2.17 bits per heavy atom. The standard InChI is InChI=1S/C33H48F2N4O12P2/c1-6-45-52(42,46-7-2)49-23-27(51-53(43,47-8-3)48-9-4)19-18-26(39(5)32(40)36-21-25-16-13-17-28(34)31(25)35)22-44-33(41)37-30-20-29(50-38-30)24-14-11-10-12-15-24/h10-17,26-27,29H,6-9,18-23H2,1-5H3,(H,36,40)(H,37,38,41)/t26-,27+,29?/m0/s1. The van der Waals surface area contributed by atoms with Crippen molar-refractivity contribution in [3.05, 3.63) is 71.3 Å². The summed E-state index contributed by atoms with van der Waals surface area (Å²) >= 11 is 0. The van der Waals surface area contributed by atoms with Crippen LogP contribution in [0.15, 0.2) is 53.7 Å². The zero-order valence-electron chi connectivity index (χ0n) is 30.4. The van der Waals surface area contributed by atoms with E-state index in [0.717, 1.165) is 11.6 Å². The van der Waals surface area contributed by atoms with E-state index < -0.39 is 64.3 Å². The summed E-state index contributed by atoms with van der Waals surface area (Å²) in [4.78, 5) is 32.8. The first-order valence-electron chi connectivity index (χ1n) is 17.1. The lowest BCUT2D eigenvalue weighted by atomic mass is 10.1. The zero-order valence-corrected chi connectivity index (χ0v) is 32.2. The van der Waals surface area contributed by atoms with E-state index in [2.05, 4.69) is 15.8 Å². The van der Waals surface area contributed by atoms with Gasteiger partial charge in [0.05, 0.1) is 51.6 Å². The van der Waals surface area contributed by atoms with Gasteiger partial charge >= 0.3 is 27.8 Å². The van der Waals surface area contributed by atoms with Gasteiger partial charge in [-0.15, -0.1) is 0 Å². The second-order valence-electron chi connectivity index (χ2n) is 11.3. The number of hydrogen-bond donors (Lipinski definition) is 2. The Bertz CT molecular complexity index is 1570. The van der Waals surface area contributed by atoms with E-state index >= 15 is 0 Å². The average molecular weight is 793 g/mol. The molecule has 3 rings (SSSR count). The monoisotopic (exact) mass is 792 g/mol. The van der Waals surface area contributed by atoms with E-state index in [1.165, 1.54) is 24.1 Å². The third-order valence-corrected chi connectivity index (χ3v) is 10.8. The maximum Gasteiger partial charge on any atom is 0.475 e. The summed E-state index contributed by atoms with van der Waals surface area (Å²) < 4.78 is 92.2. The van der Waals surface area contributed by atoms with Crippen LogP contribution in [-0.4, -0.2) is 81.7 Å². The summed E-state index contributed by atoms with van der Waals surface area (Å²) in [6.45, 7) is 5.15. The predicted octanol–water partition coefficient (Wildman–Crippen LogP) is 7.22. The summed E-state index contributed by atoms with van der Waals surface area (Å²) in [5.74, 6) is -1.95. The first kappa shape index (κ1) is 43.9. The molecule has 2 aromatic rings. The van der Waals surface area contributed by atoms with Crippen molar-refractivity contribution in [2.75, 3.05) is 46.7 Å². The van der Waals surface area contributed by atoms with Gasteiger partial charge in [-0.1, -0.05) is 47.6 Å². The Hall–Kier alpha value is -3.47. The maximum absolute atomic E-state index is 14.3. The Balaban J connectivity index is 1.76. The molecule has 0 radical (unpaired) electrons. The van der Waals surface area contributed by atoms with Crippen molar-refractivity contribution < 1.29 is 64.2 Å². The fourth-order valence-electron chi connectivity index (χ4n) is 4.90. The number of ether oxygens (including phenoxy) is 1. The number of amides is 3. The van der Waals surface area contributed by atoms with Gasteiger partial charge < -0.3 is 19.8 Å². The number of halogens is 2. The van der Waals surface area contributed by atoms with Gasteiger partial charge in [-0.2, -0.15) is 0 Å². The Morgan fingerprint density at radius 1 is 0.887 bits per heavy atom. The molecule has 0 aliphatic carbocycles. The number of amidine groups is 1. The van der Waals surface area contributed by atoms with Crippen LogP contribution in [0.1, 0.15) is 64.2 Å². The van der Waals surface area contributed by atoms with Crippen LogP contribution in [0.25, 0.3) is 0 Å². The van der Waals surface area contributed by atoms with Crippen molar-refractivity contribution in [3.8, 4) is 0 Å². The van der Waals surface area contributed by atoms with Crippen molar-refractivity contribution in [1.82, 2.24) is 15.5 Å². The average Bonchev–Trinajstić information content (AvgIpc) is 3.60. The molecule has 1 aliphatic heterocycles. The normalized spacial score (nSPS) is 15.6. The molecule has 2 N–H and O–H groups in total. The molecule has 0 aromatic heterocycles. The van der Waals surface area contributed by atoms with Crippen LogP contribution in [0.4, 0.5) is 18.4 Å². The third-order valence-electron chi connectivity index (χ3n) is 7.49. The van der Waals surface area contributed by atoms with Crippen molar-refractivity contribution in [2.45, 2.75) is 71.8 Å². The van der Waals surface area contributed by atoms with Crippen LogP contribution in [0, 0.1) is 11.6 Å². The minimum absolute atomic E-state index is 0.00547. The highest BCUT2D eigenvalue weighted by molar-refractivity contribution is 7.48. The first-order valence-corrected chi connectivity index (χ1v) is 20.0. The van der Waals surface area contributed by atoms with Crippen LogP contribution in [0.2, 0.25) is 0 Å². The molecule has 0 spiro atoms. The number of rotatable bonds is 22. The first-order chi connectivity index (χ1) is 25.4. The number of carbonyl (C=O) groups excluding carboxylic acids is 2. The van der Waals surface area contributed by atoms with Gasteiger partial charge in [0.15, 0.2) is 23.6 Å². The molecule has 296 valence electrons. The molecular weight excluding hydrogens is 744 g/mol. The Morgan fingerprint density at radius 2 is 1.53 bits per heavy atom. The summed E-state index contributed by atoms with van der Waals surface area (Å²) in [5.41, 5.74) is 0.776. The number of benzene rings is 2. The van der Waals surface area contributed by atoms with Crippen LogP contribution in [-0.2, 0) is 52.4 Å². The Labute approximate surface area is 308 Å². The van der Waals surface area contributed by atoms with Crippen LogP contribution < -0.4 is 10.6 Å². The molecule has 53 heavy (non-hydrogen) atoms. The molecule has 0 fully saturated rings. The highest BCUT2D eigenvalue weighted by Crippen LogP contribution is 2.53. The van der Waals surface area contributed by atoms with Gasteiger partial charge in [0, 0.05) is 19.2 Å². The number of phosphoric acid groups is 2. The number of alkyl carbamates (subject to hydrolysis) is 1. The smallest absolute Gasteiger partial charge is 0.447 e. The van der Waals surface area contributed by atoms with Gasteiger partial charge in [0.2, 0.25) is 0 Å². The summed E-state index contributed by atoms with van der Waals surface area (Å²) in [5, 5.41) is 8.99. The van der Waals surface area contributed by atoms with E-state index in [-0.39, 0.29) is 70.2 Å². The summed E-state index contributed by atoms with van der Waals surface area (Å²) in [6.07, 6.45) is -2.19. The van der Waals surface area contributed by atoms with Crippen LogP contribution in [0.5, 0.6) is 0 Å². The number of oxime groups is 1. The second-order valence-corrected chi connectivity index (χ2v) is 14.6. The second kappa shape index (κ2) is 22.0. The van der Waals surface area contributed by atoms with Crippen molar-refractivity contribution in [3.63, 3.8) is 0 Å². The van der Waals surface area contributed by atoms with E-state index in [9.17, 15) is 27.5 Å². The van der Waals surface area contributed by atoms with Gasteiger partial charge in [-0.3, -0.25) is 32.5 Å². The molecule has 1 unspecified atom stereocenters. The van der Waals surface area contributed by atoms with E-state index in [0.29, 0.717) is 0 Å². The molecule has 20 heteroatoms. The number of carbonyl (C=O) groups is 2. The van der Waals surface area contributed by atoms with Gasteiger partial charge in [-0.05, 0) is 52.2 Å². The van der Waals surface area contributed by atoms with Crippen LogP contribution in [0.3, 0.4) is 0 Å². The largest absolute Gasteiger partial charge is 0.475 e. The highest BCUT2D eigenvalue weighted by Gasteiger charge is 2.35. The highest BCUT2D eigenvalue weighted by atomic mass is 31.2. The predicted molar refractivity (Wildman–Crippen MR) is 189 cm³/mol. The van der Waals surface area contributed by atoms with Crippen molar-refractivity contribution in [2.24, 2.45) is 5.16 Å². The molecule has 1 heterocycles. The van der Waals surface area contributed by atoms with Crippen molar-refractivity contribution in [1.29, 1.82) is 0 Å². The molecule has 2 aromatic carbocycles. The topological polar surface area (TPSA) is 182 Å². The number of urea groups is 1. The molecule has 1 aliphatic rings. The van der Waals surface area contributed by atoms with E-state index in [4.69, 9.17) is 36.7 Å². The lowest BCUT2D eigenvalue weighted by Crippen LogP contribution is -2.46. The van der Waals surface area contributed by atoms with Gasteiger partial charge in [0.1, 0.15) is 6.61 Å². The number of phosphoric ester groups is 2. The van der Waals surface area contributed by atoms with E-state index in [1.807, 2.05) is 30.3 Å². The SMILES string of the molecule is CCOP(=O)(OCC)OC[C@@H](CC[C@@H](COC(=O)NC1=NOC(c2ccccc2)C1)N(C)C(=O)NCc1cccc(F)c1F)OP(=O)(OCC)OCC. The number of nitrogens with one attached hydrogen (secondary N) is 2. The molecule has 0 bridgehead atoms. The van der Waals surface area contributed by atoms with Gasteiger partial charge in [-0.25, -0.2) is 27.5 Å². The molecule has 0 saturated heterocycles. The maximum atomic E-state index is 14.3. The molecule has 3 amide bonds. The Kier molecular flexibility index (Phi) is 18.3. The molecule has 16 nitrogen and oxygen atoms in total. The molecular formula is C33H48F2N4O12P2. The lowest BCUT2D eigenvalue weighted by molar-refractivity contribution is 0.0298. The minimum Gasteiger partial charge on any atom is -0.447 e. The summed E-state index contributed by atoms with van der Waals surface area (Å²) in [6, 6.07) is 11.3. The number of likely N-dealkylation sites (N-methyl/N-ethyl adjacent to an activating group) is 1. The fourth-order valence-corrected chi connectivity index (χ4v) is 7.47. The minimum atomic E-state index is -4.15. The third kappa shape index (κ3) is 14.4. The van der Waals surface area contributed by atoms with Gasteiger partial charge in [0.25, 0.3) is 0 Å². The summed E-state index contributed by atoms with van der Waals surface area (Å²) in [7, 11) is -6.79. The zero-order chi connectivity index (χ0) is 38.9. The van der Waals surface area contributed by atoms with Crippen LogP contribution >= 0.6 is 15.6 Å². The number of hydrogen-bond acceptors (Lipinski definition) is 13.